The molecular formula is C16H18N2O2. The van der Waals surface area contributed by atoms with Crippen molar-refractivity contribution in [3.63, 3.8) is 0 Å². The van der Waals surface area contributed by atoms with Gasteiger partial charge < -0.3 is 16.2 Å². The van der Waals surface area contributed by atoms with Crippen molar-refractivity contribution >= 4 is 23.0 Å². The Morgan fingerprint density at radius 3 is 2.60 bits per heavy atom. The smallest absolute Gasteiger partial charge is 0.335 e. The lowest BCUT2D eigenvalue weighted by molar-refractivity contribution is 0.0697. The summed E-state index contributed by atoms with van der Waals surface area (Å²) >= 11 is 0. The molecule has 0 saturated carbocycles. The SMILES string of the molecule is CC(C)c1cccc(Nc2cc(C(=O)O)ccc2N)c1. The average molecular weight is 270 g/mol. The number of carbonyl (C=O) groups is 1. The van der Waals surface area contributed by atoms with Crippen molar-refractivity contribution in [2.24, 2.45) is 0 Å². The first-order valence-electron chi connectivity index (χ1n) is 6.47. The van der Waals surface area contributed by atoms with Gasteiger partial charge in [0.1, 0.15) is 0 Å². The zero-order valence-electron chi connectivity index (χ0n) is 11.6. The van der Waals surface area contributed by atoms with E-state index in [1.807, 2.05) is 18.2 Å². The Bertz CT molecular complexity index is 636. The maximum atomic E-state index is 11.0. The number of aromatic carboxylic acids is 1. The second-order valence-corrected chi connectivity index (χ2v) is 5.01. The molecule has 4 heteroatoms. The van der Waals surface area contributed by atoms with Gasteiger partial charge in [-0.3, -0.25) is 0 Å². The van der Waals surface area contributed by atoms with Gasteiger partial charge >= 0.3 is 5.97 Å². The molecule has 2 aromatic carbocycles. The van der Waals surface area contributed by atoms with E-state index in [0.29, 0.717) is 17.3 Å². The standard InChI is InChI=1S/C16H18N2O2/c1-10(2)11-4-3-5-13(8-11)18-15-9-12(16(19)20)6-7-14(15)17/h3-10,18H,17H2,1-2H3,(H,19,20). The number of rotatable bonds is 4. The van der Waals surface area contributed by atoms with Crippen LogP contribution in [0.1, 0.15) is 35.7 Å². The number of carboxylic acids is 1. The van der Waals surface area contributed by atoms with Crippen LogP contribution in [-0.4, -0.2) is 11.1 Å². The first-order chi connectivity index (χ1) is 9.47. The third kappa shape index (κ3) is 3.09. The summed E-state index contributed by atoms with van der Waals surface area (Å²) in [7, 11) is 0. The lowest BCUT2D eigenvalue weighted by Gasteiger charge is -2.12. The highest BCUT2D eigenvalue weighted by Crippen LogP contribution is 2.26. The summed E-state index contributed by atoms with van der Waals surface area (Å²) < 4.78 is 0. The van der Waals surface area contributed by atoms with Gasteiger partial charge in [-0.15, -0.1) is 0 Å². The van der Waals surface area contributed by atoms with Crippen LogP contribution >= 0.6 is 0 Å². The maximum absolute atomic E-state index is 11.0. The molecule has 0 bridgehead atoms. The van der Waals surface area contributed by atoms with Crippen molar-refractivity contribution in [1.29, 1.82) is 0 Å². The van der Waals surface area contributed by atoms with Crippen LogP contribution in [-0.2, 0) is 0 Å². The number of hydrogen-bond acceptors (Lipinski definition) is 3. The summed E-state index contributed by atoms with van der Waals surface area (Å²) in [5.74, 6) is -0.538. The summed E-state index contributed by atoms with van der Waals surface area (Å²) in [6, 6.07) is 12.6. The molecule has 0 amide bonds. The molecule has 0 heterocycles. The van der Waals surface area contributed by atoms with Crippen LogP contribution in [0, 0.1) is 0 Å². The summed E-state index contributed by atoms with van der Waals surface area (Å²) in [6.45, 7) is 4.25. The molecule has 0 radical (unpaired) electrons. The van der Waals surface area contributed by atoms with Crippen molar-refractivity contribution in [2.45, 2.75) is 19.8 Å². The Labute approximate surface area is 118 Å². The van der Waals surface area contributed by atoms with Crippen LogP contribution in [0.2, 0.25) is 0 Å². The minimum Gasteiger partial charge on any atom is -0.478 e. The molecule has 0 aliphatic carbocycles. The Morgan fingerprint density at radius 1 is 1.20 bits per heavy atom. The van der Waals surface area contributed by atoms with Gasteiger partial charge in [0.2, 0.25) is 0 Å². The molecule has 2 aromatic rings. The molecule has 104 valence electrons. The molecule has 0 saturated heterocycles. The molecule has 0 aliphatic heterocycles. The van der Waals surface area contributed by atoms with Crippen LogP contribution in [0.5, 0.6) is 0 Å². The van der Waals surface area contributed by atoms with E-state index in [-0.39, 0.29) is 5.56 Å². The van der Waals surface area contributed by atoms with Crippen molar-refractivity contribution < 1.29 is 9.90 Å². The van der Waals surface area contributed by atoms with E-state index in [4.69, 9.17) is 10.8 Å². The molecule has 0 atom stereocenters. The lowest BCUT2D eigenvalue weighted by atomic mass is 10.0. The van der Waals surface area contributed by atoms with Crippen molar-refractivity contribution in [2.75, 3.05) is 11.1 Å². The summed E-state index contributed by atoms with van der Waals surface area (Å²) in [5.41, 5.74) is 9.32. The topological polar surface area (TPSA) is 75.3 Å². The molecule has 0 aromatic heterocycles. The number of nitrogens with one attached hydrogen (secondary N) is 1. The van der Waals surface area contributed by atoms with Crippen LogP contribution < -0.4 is 11.1 Å². The van der Waals surface area contributed by atoms with Gasteiger partial charge in [-0.2, -0.15) is 0 Å². The van der Waals surface area contributed by atoms with Crippen molar-refractivity contribution in [1.82, 2.24) is 0 Å². The average Bonchev–Trinajstić information content (AvgIpc) is 2.41. The fourth-order valence-corrected chi connectivity index (χ4v) is 1.93. The largest absolute Gasteiger partial charge is 0.478 e. The predicted octanol–water partition coefficient (Wildman–Crippen LogP) is 3.83. The van der Waals surface area contributed by atoms with E-state index in [1.54, 1.807) is 12.1 Å². The van der Waals surface area contributed by atoms with E-state index in [1.165, 1.54) is 11.6 Å². The quantitative estimate of drug-likeness (QED) is 0.738. The minimum absolute atomic E-state index is 0.210. The number of nitrogen functional groups attached to an aromatic ring is 1. The summed E-state index contributed by atoms with van der Waals surface area (Å²) in [6.07, 6.45) is 0. The van der Waals surface area contributed by atoms with Gasteiger partial charge in [0, 0.05) is 5.69 Å². The molecule has 4 N–H and O–H groups in total. The molecular weight excluding hydrogens is 252 g/mol. The van der Waals surface area contributed by atoms with E-state index in [2.05, 4.69) is 25.2 Å². The summed E-state index contributed by atoms with van der Waals surface area (Å²) in [5, 5.41) is 12.2. The highest BCUT2D eigenvalue weighted by Gasteiger charge is 2.07. The van der Waals surface area contributed by atoms with Crippen molar-refractivity contribution in [3.05, 3.63) is 53.6 Å². The predicted molar refractivity (Wildman–Crippen MR) is 81.6 cm³/mol. The van der Waals surface area contributed by atoms with E-state index < -0.39 is 5.97 Å². The van der Waals surface area contributed by atoms with Gasteiger partial charge in [-0.05, 0) is 41.8 Å². The Kier molecular flexibility index (Phi) is 3.94. The van der Waals surface area contributed by atoms with Gasteiger partial charge in [-0.25, -0.2) is 4.79 Å². The Morgan fingerprint density at radius 2 is 1.95 bits per heavy atom. The van der Waals surface area contributed by atoms with Crippen LogP contribution in [0.25, 0.3) is 0 Å². The molecule has 2 rings (SSSR count). The molecule has 0 unspecified atom stereocenters. The molecule has 0 aliphatic rings. The number of nitrogens with two attached hydrogens (primary N) is 1. The second kappa shape index (κ2) is 5.65. The highest BCUT2D eigenvalue weighted by molar-refractivity contribution is 5.91. The zero-order chi connectivity index (χ0) is 14.7. The van der Waals surface area contributed by atoms with Gasteiger partial charge in [0.05, 0.1) is 16.9 Å². The second-order valence-electron chi connectivity index (χ2n) is 5.01. The Balaban J connectivity index is 2.32. The third-order valence-corrected chi connectivity index (χ3v) is 3.13. The van der Waals surface area contributed by atoms with E-state index in [9.17, 15) is 4.79 Å². The lowest BCUT2D eigenvalue weighted by Crippen LogP contribution is -2.01. The number of benzene rings is 2. The van der Waals surface area contributed by atoms with E-state index >= 15 is 0 Å². The first-order valence-corrected chi connectivity index (χ1v) is 6.47. The summed E-state index contributed by atoms with van der Waals surface area (Å²) in [4.78, 5) is 11.0. The fourth-order valence-electron chi connectivity index (χ4n) is 1.93. The van der Waals surface area contributed by atoms with E-state index in [0.717, 1.165) is 5.69 Å². The van der Waals surface area contributed by atoms with Crippen LogP contribution in [0.3, 0.4) is 0 Å². The monoisotopic (exact) mass is 270 g/mol. The van der Waals surface area contributed by atoms with Crippen molar-refractivity contribution in [3.8, 4) is 0 Å². The normalized spacial score (nSPS) is 10.6. The van der Waals surface area contributed by atoms with Crippen LogP contribution in [0.15, 0.2) is 42.5 Å². The third-order valence-electron chi connectivity index (χ3n) is 3.13. The number of hydrogen-bond donors (Lipinski definition) is 3. The molecule has 4 nitrogen and oxygen atoms in total. The number of anilines is 3. The van der Waals surface area contributed by atoms with Gasteiger partial charge in [0.25, 0.3) is 0 Å². The maximum Gasteiger partial charge on any atom is 0.335 e. The number of carboxylic acid groups (broad SMARTS) is 1. The molecule has 0 spiro atoms. The van der Waals surface area contributed by atoms with Crippen LogP contribution in [0.4, 0.5) is 17.1 Å². The molecule has 0 fully saturated rings. The fraction of sp³-hybridized carbons (Fsp3) is 0.188. The minimum atomic E-state index is -0.969. The van der Waals surface area contributed by atoms with Gasteiger partial charge in [-0.1, -0.05) is 26.0 Å². The first kappa shape index (κ1) is 13.9. The molecule has 20 heavy (non-hydrogen) atoms. The highest BCUT2D eigenvalue weighted by atomic mass is 16.4. The van der Waals surface area contributed by atoms with Gasteiger partial charge in [0.15, 0.2) is 0 Å². The Hall–Kier alpha value is -2.49. The zero-order valence-corrected chi connectivity index (χ0v) is 11.6.